The van der Waals surface area contributed by atoms with Crippen molar-refractivity contribution in [3.05, 3.63) is 42.5 Å². The van der Waals surface area contributed by atoms with Crippen molar-refractivity contribution in [2.24, 2.45) is 0 Å². The van der Waals surface area contributed by atoms with Gasteiger partial charge in [0.05, 0.1) is 21.0 Å². The lowest BCUT2D eigenvalue weighted by molar-refractivity contribution is 0.00578. The summed E-state index contributed by atoms with van der Waals surface area (Å²) in [6, 6.07) is 12.4. The Bertz CT molecular complexity index is 931. The van der Waals surface area contributed by atoms with E-state index in [-0.39, 0.29) is 0 Å². The van der Waals surface area contributed by atoms with Crippen LogP contribution in [0.4, 0.5) is 0 Å². The summed E-state index contributed by atoms with van der Waals surface area (Å²) in [5.74, 6) is 0. The van der Waals surface area contributed by atoms with Crippen LogP contribution in [0.15, 0.2) is 52.3 Å². The fraction of sp³-hybridized carbons (Fsp3) is 0.333. The molecule has 1 fully saturated rings. The van der Waals surface area contributed by atoms with E-state index in [9.17, 15) is 8.42 Å². The number of hydrogen-bond acceptors (Lipinski definition) is 4. The van der Waals surface area contributed by atoms with Gasteiger partial charge in [0.15, 0.2) is 0 Å². The molecule has 1 saturated heterocycles. The van der Waals surface area contributed by atoms with Crippen LogP contribution in [0.25, 0.3) is 11.1 Å². The molecule has 2 aliphatic rings. The number of sulfone groups is 1. The van der Waals surface area contributed by atoms with Gasteiger partial charge in [0, 0.05) is 11.1 Å². The van der Waals surface area contributed by atoms with Crippen molar-refractivity contribution in [1.29, 1.82) is 0 Å². The summed E-state index contributed by atoms with van der Waals surface area (Å²) in [5.41, 5.74) is 1.23. The van der Waals surface area contributed by atoms with Crippen molar-refractivity contribution in [3.8, 4) is 11.1 Å². The molecule has 0 spiro atoms. The maximum atomic E-state index is 12.8. The topological polar surface area (TPSA) is 52.6 Å². The second-order valence-corrected chi connectivity index (χ2v) is 9.19. The van der Waals surface area contributed by atoms with Crippen LogP contribution < -0.4 is 5.46 Å². The van der Waals surface area contributed by atoms with Gasteiger partial charge in [-0.1, -0.05) is 30.3 Å². The van der Waals surface area contributed by atoms with Gasteiger partial charge in [-0.15, -0.1) is 0 Å². The lowest BCUT2D eigenvalue weighted by atomic mass is 9.74. The van der Waals surface area contributed by atoms with Crippen molar-refractivity contribution < 1.29 is 17.7 Å². The van der Waals surface area contributed by atoms with Crippen molar-refractivity contribution in [3.63, 3.8) is 0 Å². The van der Waals surface area contributed by atoms with Gasteiger partial charge in [0.1, 0.15) is 0 Å². The highest BCUT2D eigenvalue weighted by Crippen LogP contribution is 2.43. The Kier molecular flexibility index (Phi) is 3.12. The van der Waals surface area contributed by atoms with E-state index >= 15 is 0 Å². The van der Waals surface area contributed by atoms with Crippen molar-refractivity contribution >= 4 is 22.4 Å². The van der Waals surface area contributed by atoms with Crippen LogP contribution >= 0.6 is 0 Å². The molecule has 0 radical (unpaired) electrons. The molecule has 6 heteroatoms. The van der Waals surface area contributed by atoms with Crippen LogP contribution in [-0.2, 0) is 19.1 Å². The van der Waals surface area contributed by atoms with Crippen molar-refractivity contribution in [1.82, 2.24) is 0 Å². The summed E-state index contributed by atoms with van der Waals surface area (Å²) in [6.45, 7) is 7.95. The van der Waals surface area contributed by atoms with Crippen molar-refractivity contribution in [2.75, 3.05) is 0 Å². The minimum absolute atomic E-state index is 0.330. The van der Waals surface area contributed by atoms with E-state index in [2.05, 4.69) is 0 Å². The largest absolute Gasteiger partial charge is 0.495 e. The first-order valence-corrected chi connectivity index (χ1v) is 9.46. The maximum absolute atomic E-state index is 12.8. The first kappa shape index (κ1) is 15.9. The molecular formula is C18H19BO4S. The van der Waals surface area contributed by atoms with Crippen molar-refractivity contribution in [2.45, 2.75) is 48.7 Å². The number of hydrogen-bond donors (Lipinski definition) is 0. The first-order chi connectivity index (χ1) is 11.2. The van der Waals surface area contributed by atoms with E-state index in [1.165, 1.54) is 0 Å². The third-order valence-electron chi connectivity index (χ3n) is 5.30. The van der Waals surface area contributed by atoms with Gasteiger partial charge < -0.3 is 9.31 Å². The molecule has 124 valence electrons. The molecular weight excluding hydrogens is 323 g/mol. The highest BCUT2D eigenvalue weighted by atomic mass is 32.2. The summed E-state index contributed by atoms with van der Waals surface area (Å²) in [4.78, 5) is 0.680. The SMILES string of the molecule is CC1(C)OB(c2cccc3c2-c2ccccc2S3(=O)=O)OC1(C)C. The Hall–Kier alpha value is -1.63. The normalized spacial score (nSPS) is 22.2. The van der Waals surface area contributed by atoms with E-state index in [1.807, 2.05) is 45.9 Å². The number of rotatable bonds is 1. The van der Waals surface area contributed by atoms with E-state index in [4.69, 9.17) is 9.31 Å². The molecule has 0 aromatic heterocycles. The summed E-state index contributed by atoms with van der Waals surface area (Å²) in [5, 5.41) is 0. The Morgan fingerprint density at radius 1 is 0.833 bits per heavy atom. The molecule has 2 aromatic rings. The zero-order valence-electron chi connectivity index (χ0n) is 14.2. The lowest BCUT2D eigenvalue weighted by Gasteiger charge is -2.32. The number of fused-ring (bicyclic) bond motifs is 3. The Balaban J connectivity index is 1.94. The van der Waals surface area contributed by atoms with Gasteiger partial charge in [0.2, 0.25) is 9.84 Å². The standard InChI is InChI=1S/C18H19BO4S/c1-17(2)18(3,4)23-19(22-17)13-9-7-11-15-16(13)12-8-5-6-10-14(12)24(15,20)21/h5-11H,1-4H3. The molecule has 2 aromatic carbocycles. The highest BCUT2D eigenvalue weighted by molar-refractivity contribution is 7.92. The minimum atomic E-state index is -3.49. The lowest BCUT2D eigenvalue weighted by Crippen LogP contribution is -2.41. The summed E-state index contributed by atoms with van der Waals surface area (Å²) in [6.07, 6.45) is 0. The van der Waals surface area contributed by atoms with Gasteiger partial charge in [-0.3, -0.25) is 0 Å². The second kappa shape index (κ2) is 4.72. The molecule has 0 aliphatic carbocycles. The summed E-state index contributed by atoms with van der Waals surface area (Å²) < 4.78 is 37.9. The third kappa shape index (κ3) is 1.97. The van der Waals surface area contributed by atoms with E-state index in [0.717, 1.165) is 11.0 Å². The summed E-state index contributed by atoms with van der Waals surface area (Å²) >= 11 is 0. The highest BCUT2D eigenvalue weighted by Gasteiger charge is 2.53. The predicted molar refractivity (Wildman–Crippen MR) is 93.0 cm³/mol. The quantitative estimate of drug-likeness (QED) is 0.638. The van der Waals surface area contributed by atoms with Crippen LogP contribution in [0.1, 0.15) is 27.7 Å². The Morgan fingerprint density at radius 3 is 2.08 bits per heavy atom. The van der Waals surface area contributed by atoms with Gasteiger partial charge in [-0.2, -0.15) is 0 Å². The zero-order chi connectivity index (χ0) is 17.3. The molecule has 24 heavy (non-hydrogen) atoms. The minimum Gasteiger partial charge on any atom is -0.399 e. The third-order valence-corrected chi connectivity index (χ3v) is 7.16. The van der Waals surface area contributed by atoms with E-state index in [0.29, 0.717) is 15.4 Å². The molecule has 2 aliphatic heterocycles. The van der Waals surface area contributed by atoms with Crippen LogP contribution in [0, 0.1) is 0 Å². The van der Waals surface area contributed by atoms with E-state index in [1.54, 1.807) is 24.3 Å². The van der Waals surface area contributed by atoms with Crippen LogP contribution in [0.2, 0.25) is 0 Å². The Labute approximate surface area is 142 Å². The molecule has 2 heterocycles. The van der Waals surface area contributed by atoms with Gasteiger partial charge >= 0.3 is 7.12 Å². The first-order valence-electron chi connectivity index (χ1n) is 7.98. The molecule has 0 N–H and O–H groups in total. The monoisotopic (exact) mass is 342 g/mol. The van der Waals surface area contributed by atoms with E-state index < -0.39 is 28.2 Å². The molecule has 0 amide bonds. The van der Waals surface area contributed by atoms with Crippen LogP contribution in [-0.4, -0.2) is 26.7 Å². The fourth-order valence-corrected chi connectivity index (χ4v) is 4.96. The maximum Gasteiger partial charge on any atom is 0.495 e. The molecule has 0 unspecified atom stereocenters. The smallest absolute Gasteiger partial charge is 0.399 e. The number of benzene rings is 2. The molecule has 0 atom stereocenters. The van der Waals surface area contributed by atoms with Crippen LogP contribution in [0.3, 0.4) is 0 Å². The average Bonchev–Trinajstić information content (AvgIpc) is 2.88. The molecule has 4 rings (SSSR count). The zero-order valence-corrected chi connectivity index (χ0v) is 15.0. The second-order valence-electron chi connectivity index (χ2n) is 7.31. The Morgan fingerprint density at radius 2 is 1.42 bits per heavy atom. The van der Waals surface area contributed by atoms with Gasteiger partial charge in [0.25, 0.3) is 0 Å². The molecule has 0 saturated carbocycles. The molecule has 0 bridgehead atoms. The summed E-state index contributed by atoms with van der Waals surface area (Å²) in [7, 11) is -4.08. The van der Waals surface area contributed by atoms with Crippen LogP contribution in [0.5, 0.6) is 0 Å². The molecule has 4 nitrogen and oxygen atoms in total. The van der Waals surface area contributed by atoms with Gasteiger partial charge in [-0.05, 0) is 45.3 Å². The fourth-order valence-electron chi connectivity index (χ4n) is 3.25. The predicted octanol–water partition coefficient (Wildman–Crippen LogP) is 2.80. The average molecular weight is 342 g/mol. The van der Waals surface area contributed by atoms with Gasteiger partial charge in [-0.25, -0.2) is 8.42 Å².